The molecule has 1 rings (SSSR count). The van der Waals surface area contributed by atoms with E-state index in [1.165, 1.54) is 24.3 Å². The number of nitrogens with two attached hydrogens (primary N) is 1. The molecule has 0 aliphatic carbocycles. The smallest absolute Gasteiger partial charge is 0.326 e. The fourth-order valence-electron chi connectivity index (χ4n) is 1.65. The number of rotatable bonds is 8. The van der Waals surface area contributed by atoms with Crippen LogP contribution in [0.4, 0.5) is 0 Å². The van der Waals surface area contributed by atoms with Crippen LogP contribution in [-0.2, 0) is 9.59 Å². The summed E-state index contributed by atoms with van der Waals surface area (Å²) >= 11 is 0. The number of primary amides is 1. The number of hydrogen-bond acceptors (Lipinski definition) is 4. The van der Waals surface area contributed by atoms with E-state index in [4.69, 9.17) is 15.6 Å². The molecule has 0 fully saturated rings. The van der Waals surface area contributed by atoms with Crippen LogP contribution in [0.5, 0.6) is 5.75 Å². The normalized spacial score (nSPS) is 11.5. The van der Waals surface area contributed by atoms with E-state index in [-0.39, 0.29) is 6.61 Å². The molecule has 0 aliphatic heterocycles. The third-order valence-electron chi connectivity index (χ3n) is 2.72. The maximum absolute atomic E-state index is 11.6. The van der Waals surface area contributed by atoms with Gasteiger partial charge in [0, 0.05) is 5.56 Å². The molecule has 1 aromatic carbocycles. The van der Waals surface area contributed by atoms with Crippen LogP contribution in [0.25, 0.3) is 0 Å². The lowest BCUT2D eigenvalue weighted by Gasteiger charge is -2.13. The van der Waals surface area contributed by atoms with Crippen molar-refractivity contribution in [3.05, 3.63) is 29.8 Å². The molecule has 0 saturated heterocycles. The molecule has 7 heteroatoms. The van der Waals surface area contributed by atoms with Gasteiger partial charge in [0.15, 0.2) is 6.61 Å². The van der Waals surface area contributed by atoms with Gasteiger partial charge in [0.05, 0.1) is 0 Å². The summed E-state index contributed by atoms with van der Waals surface area (Å²) in [6.45, 7) is 1.53. The molecule has 21 heavy (non-hydrogen) atoms. The van der Waals surface area contributed by atoms with E-state index in [0.29, 0.717) is 24.2 Å². The molecule has 1 aromatic rings. The molecule has 1 unspecified atom stereocenters. The Morgan fingerprint density at radius 2 is 1.90 bits per heavy atom. The predicted octanol–water partition coefficient (Wildman–Crippen LogP) is 0.534. The quantitative estimate of drug-likeness (QED) is 0.646. The van der Waals surface area contributed by atoms with Gasteiger partial charge in [0.25, 0.3) is 5.91 Å². The summed E-state index contributed by atoms with van der Waals surface area (Å²) in [5, 5.41) is 11.3. The Bertz CT molecular complexity index is 513. The lowest BCUT2D eigenvalue weighted by molar-refractivity contribution is -0.142. The Hall–Kier alpha value is -2.57. The number of aliphatic carboxylic acids is 1. The Balaban J connectivity index is 2.48. The molecule has 1 atom stereocenters. The molecular weight excluding hydrogens is 276 g/mol. The van der Waals surface area contributed by atoms with Gasteiger partial charge in [0.1, 0.15) is 11.8 Å². The van der Waals surface area contributed by atoms with E-state index >= 15 is 0 Å². The number of amides is 2. The monoisotopic (exact) mass is 294 g/mol. The molecule has 2 amide bonds. The molecule has 4 N–H and O–H groups in total. The van der Waals surface area contributed by atoms with Gasteiger partial charge in [-0.05, 0) is 30.7 Å². The summed E-state index contributed by atoms with van der Waals surface area (Å²) in [6, 6.07) is 5.06. The molecule has 0 heterocycles. The average Bonchev–Trinajstić information content (AvgIpc) is 2.45. The minimum atomic E-state index is -1.07. The first-order valence-corrected chi connectivity index (χ1v) is 6.49. The number of ether oxygens (including phenoxy) is 1. The van der Waals surface area contributed by atoms with Crippen LogP contribution in [0.3, 0.4) is 0 Å². The van der Waals surface area contributed by atoms with Crippen LogP contribution in [0.1, 0.15) is 30.1 Å². The van der Waals surface area contributed by atoms with Gasteiger partial charge < -0.3 is 20.9 Å². The topological polar surface area (TPSA) is 119 Å². The summed E-state index contributed by atoms with van der Waals surface area (Å²) in [5.41, 5.74) is 5.43. The van der Waals surface area contributed by atoms with Gasteiger partial charge in [-0.2, -0.15) is 0 Å². The average molecular weight is 294 g/mol. The van der Waals surface area contributed by atoms with Crippen LogP contribution in [0, 0.1) is 0 Å². The number of carbonyl (C=O) groups excluding carboxylic acids is 2. The van der Waals surface area contributed by atoms with Gasteiger partial charge in [0.2, 0.25) is 5.91 Å². The minimum Gasteiger partial charge on any atom is -0.484 e. The second-order valence-corrected chi connectivity index (χ2v) is 4.42. The molecule has 0 saturated carbocycles. The number of carbonyl (C=O) groups is 3. The number of hydrogen-bond donors (Lipinski definition) is 3. The van der Waals surface area contributed by atoms with E-state index in [0.717, 1.165) is 0 Å². The van der Waals surface area contributed by atoms with Crippen molar-refractivity contribution in [3.8, 4) is 5.75 Å². The molecule has 114 valence electrons. The molecule has 7 nitrogen and oxygen atoms in total. The molecule has 0 spiro atoms. The van der Waals surface area contributed by atoms with Gasteiger partial charge in [-0.1, -0.05) is 13.3 Å². The van der Waals surface area contributed by atoms with Crippen molar-refractivity contribution < 1.29 is 24.2 Å². The van der Waals surface area contributed by atoms with Crippen molar-refractivity contribution in [2.45, 2.75) is 25.8 Å². The Labute approximate surface area is 122 Å². The van der Waals surface area contributed by atoms with Crippen molar-refractivity contribution in [2.75, 3.05) is 6.61 Å². The Morgan fingerprint density at radius 3 is 2.38 bits per heavy atom. The number of nitrogens with one attached hydrogen (secondary N) is 1. The second kappa shape index (κ2) is 7.88. The third kappa shape index (κ3) is 5.52. The molecular formula is C14H18N2O5. The Kier molecular flexibility index (Phi) is 6.19. The van der Waals surface area contributed by atoms with Crippen LogP contribution < -0.4 is 15.8 Å². The first kappa shape index (κ1) is 16.5. The molecule has 0 radical (unpaired) electrons. The summed E-state index contributed by atoms with van der Waals surface area (Å²) in [6.07, 6.45) is 1.00. The van der Waals surface area contributed by atoms with E-state index in [1.807, 2.05) is 6.92 Å². The van der Waals surface area contributed by atoms with Gasteiger partial charge in [-0.25, -0.2) is 4.79 Å². The number of benzene rings is 1. The fraction of sp³-hybridized carbons (Fsp3) is 0.357. The summed E-state index contributed by atoms with van der Waals surface area (Å²) in [5.74, 6) is -1.76. The number of carboxylic acid groups (broad SMARTS) is 1. The van der Waals surface area contributed by atoms with E-state index in [2.05, 4.69) is 5.32 Å². The summed E-state index contributed by atoms with van der Waals surface area (Å²) < 4.78 is 5.20. The van der Waals surface area contributed by atoms with Crippen molar-refractivity contribution >= 4 is 17.8 Å². The lowest BCUT2D eigenvalue weighted by atomic mass is 10.2. The van der Waals surface area contributed by atoms with E-state index in [1.54, 1.807) is 0 Å². The Morgan fingerprint density at radius 1 is 1.29 bits per heavy atom. The zero-order valence-electron chi connectivity index (χ0n) is 11.7. The van der Waals surface area contributed by atoms with Crippen LogP contribution in [0.2, 0.25) is 0 Å². The summed E-state index contributed by atoms with van der Waals surface area (Å²) in [4.78, 5) is 33.4. The maximum Gasteiger partial charge on any atom is 0.326 e. The van der Waals surface area contributed by atoms with Gasteiger partial charge in [-0.15, -0.1) is 0 Å². The standard InChI is InChI=1S/C14H18N2O5/c1-2-3-11(14(19)20)16-12(17)8-21-10-6-4-9(5-7-10)13(15)18/h4-7,11H,2-3,8H2,1H3,(H2,15,18)(H,16,17)(H,19,20). The van der Waals surface area contributed by atoms with Crippen molar-refractivity contribution in [2.24, 2.45) is 5.73 Å². The summed E-state index contributed by atoms with van der Waals surface area (Å²) in [7, 11) is 0. The highest BCUT2D eigenvalue weighted by Crippen LogP contribution is 2.11. The van der Waals surface area contributed by atoms with Gasteiger partial charge >= 0.3 is 5.97 Å². The zero-order chi connectivity index (χ0) is 15.8. The maximum atomic E-state index is 11.6. The third-order valence-corrected chi connectivity index (χ3v) is 2.72. The molecule has 0 bridgehead atoms. The first-order valence-electron chi connectivity index (χ1n) is 6.49. The van der Waals surface area contributed by atoms with Crippen molar-refractivity contribution in [1.29, 1.82) is 0 Å². The van der Waals surface area contributed by atoms with Crippen LogP contribution in [-0.4, -0.2) is 35.5 Å². The lowest BCUT2D eigenvalue weighted by Crippen LogP contribution is -2.42. The predicted molar refractivity (Wildman–Crippen MR) is 74.9 cm³/mol. The van der Waals surface area contributed by atoms with E-state index in [9.17, 15) is 14.4 Å². The van der Waals surface area contributed by atoms with E-state index < -0.39 is 23.8 Å². The first-order chi connectivity index (χ1) is 9.93. The van der Waals surface area contributed by atoms with Crippen molar-refractivity contribution in [1.82, 2.24) is 5.32 Å². The van der Waals surface area contributed by atoms with Crippen molar-refractivity contribution in [3.63, 3.8) is 0 Å². The zero-order valence-corrected chi connectivity index (χ0v) is 11.7. The molecule has 0 aromatic heterocycles. The largest absolute Gasteiger partial charge is 0.484 e. The highest BCUT2D eigenvalue weighted by atomic mass is 16.5. The second-order valence-electron chi connectivity index (χ2n) is 4.42. The van der Waals surface area contributed by atoms with Crippen LogP contribution in [0.15, 0.2) is 24.3 Å². The fourth-order valence-corrected chi connectivity index (χ4v) is 1.65. The van der Waals surface area contributed by atoms with Gasteiger partial charge in [-0.3, -0.25) is 9.59 Å². The highest BCUT2D eigenvalue weighted by Gasteiger charge is 2.18. The minimum absolute atomic E-state index is 0.302. The SMILES string of the molecule is CCCC(NC(=O)COc1ccc(C(N)=O)cc1)C(=O)O. The highest BCUT2D eigenvalue weighted by molar-refractivity contribution is 5.92. The number of carboxylic acids is 1. The molecule has 0 aliphatic rings. The van der Waals surface area contributed by atoms with Crippen LogP contribution >= 0.6 is 0 Å².